The summed E-state index contributed by atoms with van der Waals surface area (Å²) in [6, 6.07) is 0. The van der Waals surface area contributed by atoms with E-state index in [9.17, 15) is 9.59 Å². The van der Waals surface area contributed by atoms with Crippen molar-refractivity contribution in [2.24, 2.45) is 29.6 Å². The van der Waals surface area contributed by atoms with E-state index < -0.39 is 5.79 Å². The predicted molar refractivity (Wildman–Crippen MR) is 72.2 cm³/mol. The van der Waals surface area contributed by atoms with Crippen molar-refractivity contribution in [3.05, 3.63) is 0 Å². The van der Waals surface area contributed by atoms with Crippen molar-refractivity contribution >= 4 is 12.3 Å². The Morgan fingerprint density at radius 2 is 2.05 bits per heavy atom. The molecule has 0 aromatic rings. The van der Waals surface area contributed by atoms with Gasteiger partial charge in [0.25, 0.3) is 0 Å². The van der Waals surface area contributed by atoms with Crippen LogP contribution in [0.25, 0.3) is 0 Å². The van der Waals surface area contributed by atoms with E-state index in [0.29, 0.717) is 25.0 Å². The quantitative estimate of drug-likeness (QED) is 0.542. The number of aldehydes is 1. The van der Waals surface area contributed by atoms with E-state index in [4.69, 9.17) is 14.2 Å². The van der Waals surface area contributed by atoms with Gasteiger partial charge in [-0.1, -0.05) is 0 Å². The van der Waals surface area contributed by atoms with Gasteiger partial charge in [-0.15, -0.1) is 0 Å². The summed E-state index contributed by atoms with van der Waals surface area (Å²) in [7, 11) is 0. The molecule has 3 unspecified atom stereocenters. The molecule has 1 spiro atoms. The molecular weight excluding hydrogens is 272 g/mol. The van der Waals surface area contributed by atoms with Crippen LogP contribution >= 0.6 is 0 Å². The molecule has 0 amide bonds. The normalized spacial score (nSPS) is 47.8. The molecule has 2 heterocycles. The highest BCUT2D eigenvalue weighted by Gasteiger charge is 2.57. The lowest BCUT2D eigenvalue weighted by atomic mass is 9.57. The highest BCUT2D eigenvalue weighted by molar-refractivity contribution is 5.76. The minimum Gasteiger partial charge on any atom is -0.462 e. The molecule has 116 valence electrons. The van der Waals surface area contributed by atoms with Crippen LogP contribution in [-0.2, 0) is 23.8 Å². The van der Waals surface area contributed by atoms with Gasteiger partial charge in [0, 0.05) is 24.7 Å². The van der Waals surface area contributed by atoms with E-state index in [1.165, 1.54) is 0 Å². The van der Waals surface area contributed by atoms with Crippen molar-refractivity contribution in [2.45, 2.75) is 44.5 Å². The molecule has 2 aliphatic heterocycles. The zero-order valence-electron chi connectivity index (χ0n) is 12.3. The summed E-state index contributed by atoms with van der Waals surface area (Å²) in [4.78, 5) is 23.8. The molecule has 4 fully saturated rings. The lowest BCUT2D eigenvalue weighted by Gasteiger charge is -2.48. The van der Waals surface area contributed by atoms with Crippen molar-refractivity contribution in [2.75, 3.05) is 13.2 Å². The van der Waals surface area contributed by atoms with Crippen LogP contribution in [0.4, 0.5) is 0 Å². The highest BCUT2D eigenvalue weighted by Crippen LogP contribution is 2.55. The van der Waals surface area contributed by atoms with Gasteiger partial charge in [-0.25, -0.2) is 0 Å². The molecule has 4 rings (SSSR count). The Balaban J connectivity index is 1.61. The maximum absolute atomic E-state index is 12.1. The Bertz CT molecular complexity index is 456. The van der Waals surface area contributed by atoms with E-state index in [1.54, 1.807) is 0 Å². The molecule has 5 heteroatoms. The molecule has 5 nitrogen and oxygen atoms in total. The minimum absolute atomic E-state index is 0.0612. The Hall–Kier alpha value is -0.940. The number of fused-ring (bicyclic) bond motifs is 2. The van der Waals surface area contributed by atoms with Gasteiger partial charge in [-0.05, 0) is 31.6 Å². The summed E-state index contributed by atoms with van der Waals surface area (Å²) in [6.07, 6.45) is 4.37. The molecule has 2 aliphatic carbocycles. The number of cyclic esters (lactones) is 1. The Labute approximate surface area is 124 Å². The lowest BCUT2D eigenvalue weighted by molar-refractivity contribution is -0.206. The van der Waals surface area contributed by atoms with Crippen LogP contribution in [0.1, 0.15) is 32.6 Å². The summed E-state index contributed by atoms with van der Waals surface area (Å²) in [6.45, 7) is 3.23. The molecule has 2 saturated heterocycles. The molecule has 6 atom stereocenters. The van der Waals surface area contributed by atoms with Crippen LogP contribution in [0.3, 0.4) is 0 Å². The number of carbonyl (C=O) groups is 2. The molecule has 0 bridgehead atoms. The van der Waals surface area contributed by atoms with Gasteiger partial charge in [0.2, 0.25) is 0 Å². The molecule has 21 heavy (non-hydrogen) atoms. The predicted octanol–water partition coefficient (Wildman–Crippen LogP) is 1.54. The van der Waals surface area contributed by atoms with Crippen molar-refractivity contribution < 1.29 is 23.8 Å². The first-order valence-corrected chi connectivity index (χ1v) is 8.07. The largest absolute Gasteiger partial charge is 0.462 e. The maximum Gasteiger partial charge on any atom is 0.309 e. The second-order valence-electron chi connectivity index (χ2n) is 7.05. The average Bonchev–Trinajstić information content (AvgIpc) is 3.03. The maximum atomic E-state index is 12.1. The fourth-order valence-corrected chi connectivity index (χ4v) is 5.27. The number of esters is 1. The fourth-order valence-electron chi connectivity index (χ4n) is 5.27. The van der Waals surface area contributed by atoms with E-state index in [-0.39, 0.29) is 29.8 Å². The number of carbonyl (C=O) groups excluding carboxylic acids is 2. The van der Waals surface area contributed by atoms with Crippen LogP contribution in [0.5, 0.6) is 0 Å². The second-order valence-corrected chi connectivity index (χ2v) is 7.05. The van der Waals surface area contributed by atoms with Crippen LogP contribution in [0, 0.1) is 29.6 Å². The van der Waals surface area contributed by atoms with Crippen LogP contribution in [0.15, 0.2) is 0 Å². The lowest BCUT2D eigenvalue weighted by Crippen LogP contribution is -2.49. The zero-order chi connectivity index (χ0) is 14.6. The van der Waals surface area contributed by atoms with Crippen LogP contribution < -0.4 is 0 Å². The number of ether oxygens (including phenoxy) is 3. The van der Waals surface area contributed by atoms with Gasteiger partial charge in [0.15, 0.2) is 5.79 Å². The number of hydrogen-bond donors (Lipinski definition) is 0. The van der Waals surface area contributed by atoms with Crippen molar-refractivity contribution in [1.29, 1.82) is 0 Å². The van der Waals surface area contributed by atoms with E-state index in [0.717, 1.165) is 32.0 Å². The molecule has 2 saturated carbocycles. The number of rotatable bonds is 1. The third-order valence-corrected chi connectivity index (χ3v) is 6.11. The molecular formula is C16H22O5. The van der Waals surface area contributed by atoms with Gasteiger partial charge < -0.3 is 19.0 Å². The third-order valence-electron chi connectivity index (χ3n) is 6.11. The van der Waals surface area contributed by atoms with E-state index in [2.05, 4.69) is 0 Å². The Morgan fingerprint density at radius 1 is 1.29 bits per heavy atom. The third kappa shape index (κ3) is 1.97. The van der Waals surface area contributed by atoms with Crippen LogP contribution in [-0.4, -0.2) is 37.4 Å². The molecule has 4 aliphatic rings. The minimum atomic E-state index is -0.449. The summed E-state index contributed by atoms with van der Waals surface area (Å²) in [5.41, 5.74) is 0. The summed E-state index contributed by atoms with van der Waals surface area (Å²) in [5.74, 6) is -0.0103. The van der Waals surface area contributed by atoms with Gasteiger partial charge in [0.05, 0.1) is 19.1 Å². The molecule has 0 radical (unpaired) electrons. The van der Waals surface area contributed by atoms with Gasteiger partial charge in [-0.3, -0.25) is 4.79 Å². The highest BCUT2D eigenvalue weighted by atomic mass is 16.7. The first kappa shape index (κ1) is 13.7. The fraction of sp³-hybridized carbons (Fsp3) is 0.875. The molecule has 0 aromatic carbocycles. The first-order valence-electron chi connectivity index (χ1n) is 8.07. The zero-order valence-corrected chi connectivity index (χ0v) is 12.3. The molecule has 0 aromatic heterocycles. The summed E-state index contributed by atoms with van der Waals surface area (Å²) >= 11 is 0. The van der Waals surface area contributed by atoms with Gasteiger partial charge >= 0.3 is 5.97 Å². The van der Waals surface area contributed by atoms with E-state index in [1.807, 2.05) is 6.92 Å². The standard InChI is InChI=1S/C16H22O5/c1-9-14-12(15(18)21-9)6-10-7-16(19-4-5-20-16)3-2-11(10)13(14)8-17/h8-14H,2-7H2,1H3/t9-,10-,11?,12?,13?,14-/m1/s1. The average molecular weight is 294 g/mol. The monoisotopic (exact) mass is 294 g/mol. The van der Waals surface area contributed by atoms with Crippen molar-refractivity contribution in [1.82, 2.24) is 0 Å². The first-order chi connectivity index (χ1) is 10.1. The second kappa shape index (κ2) is 4.78. The topological polar surface area (TPSA) is 61.8 Å². The summed E-state index contributed by atoms with van der Waals surface area (Å²) in [5, 5.41) is 0. The van der Waals surface area contributed by atoms with E-state index >= 15 is 0 Å². The van der Waals surface area contributed by atoms with Crippen molar-refractivity contribution in [3.63, 3.8) is 0 Å². The van der Waals surface area contributed by atoms with Gasteiger partial charge in [-0.2, -0.15) is 0 Å². The van der Waals surface area contributed by atoms with Gasteiger partial charge in [0.1, 0.15) is 12.4 Å². The Kier molecular flexibility index (Phi) is 3.12. The Morgan fingerprint density at radius 3 is 2.76 bits per heavy atom. The smallest absolute Gasteiger partial charge is 0.309 e. The SMILES string of the molecule is C[C@H]1OC(=O)C2C[C@@H]3CC4(CCC3C(C=O)[C@@H]21)OCCO4. The van der Waals surface area contributed by atoms with Crippen LogP contribution in [0.2, 0.25) is 0 Å². The van der Waals surface area contributed by atoms with Crippen molar-refractivity contribution in [3.8, 4) is 0 Å². The number of hydrogen-bond acceptors (Lipinski definition) is 5. The molecule has 0 N–H and O–H groups in total. The summed E-state index contributed by atoms with van der Waals surface area (Å²) < 4.78 is 17.1.